The second-order valence-electron chi connectivity index (χ2n) is 8.07. The lowest BCUT2D eigenvalue weighted by Crippen LogP contribution is -2.44. The lowest BCUT2D eigenvalue weighted by atomic mass is 10.0. The van der Waals surface area contributed by atoms with Crippen molar-refractivity contribution in [2.75, 3.05) is 5.32 Å². The van der Waals surface area contributed by atoms with Crippen LogP contribution >= 0.6 is 23.2 Å². The van der Waals surface area contributed by atoms with Crippen molar-refractivity contribution in [3.8, 4) is 5.75 Å². The molecule has 0 heterocycles. The average molecular weight is 485 g/mol. The molecule has 0 bridgehead atoms. The summed E-state index contributed by atoms with van der Waals surface area (Å²) in [5.74, 6) is 0.152. The number of hydrogen-bond donors (Lipinski definition) is 2. The van der Waals surface area contributed by atoms with E-state index in [2.05, 4.69) is 10.6 Å². The summed E-state index contributed by atoms with van der Waals surface area (Å²) < 4.78 is 5.78. The van der Waals surface area contributed by atoms with E-state index in [9.17, 15) is 9.59 Å². The van der Waals surface area contributed by atoms with Gasteiger partial charge in [-0.15, -0.1) is 0 Å². The largest absolute Gasteiger partial charge is 0.489 e. The van der Waals surface area contributed by atoms with Crippen molar-refractivity contribution in [1.82, 2.24) is 5.32 Å². The molecule has 0 fully saturated rings. The van der Waals surface area contributed by atoms with Gasteiger partial charge in [0.15, 0.2) is 0 Å². The Morgan fingerprint density at radius 3 is 2.27 bits per heavy atom. The number of benzene rings is 3. The van der Waals surface area contributed by atoms with Crippen LogP contribution in [0.25, 0.3) is 0 Å². The van der Waals surface area contributed by atoms with E-state index in [4.69, 9.17) is 27.9 Å². The summed E-state index contributed by atoms with van der Waals surface area (Å²) in [6, 6.07) is 20.9. The van der Waals surface area contributed by atoms with E-state index in [0.717, 1.165) is 5.56 Å². The second kappa shape index (κ2) is 11.7. The van der Waals surface area contributed by atoms with Gasteiger partial charge in [-0.25, -0.2) is 0 Å². The van der Waals surface area contributed by atoms with Gasteiger partial charge < -0.3 is 15.4 Å². The molecule has 0 radical (unpaired) electrons. The van der Waals surface area contributed by atoms with E-state index in [1.165, 1.54) is 6.07 Å². The molecule has 3 aromatic rings. The molecule has 0 aliphatic carbocycles. The molecule has 0 saturated heterocycles. The van der Waals surface area contributed by atoms with Crippen molar-refractivity contribution in [2.24, 2.45) is 5.92 Å². The molecular formula is C26H26Cl2N2O3. The van der Waals surface area contributed by atoms with Gasteiger partial charge in [-0.1, -0.05) is 67.4 Å². The van der Waals surface area contributed by atoms with Crippen LogP contribution in [0.1, 0.15) is 36.2 Å². The number of carbonyl (C=O) groups is 2. The van der Waals surface area contributed by atoms with Gasteiger partial charge in [0, 0.05) is 10.7 Å². The molecule has 0 aliphatic heterocycles. The smallest absolute Gasteiger partial charge is 0.253 e. The summed E-state index contributed by atoms with van der Waals surface area (Å²) in [6.07, 6.45) is 0.473. The zero-order valence-corrected chi connectivity index (χ0v) is 20.0. The van der Waals surface area contributed by atoms with Gasteiger partial charge in [0.25, 0.3) is 5.91 Å². The Bertz CT molecular complexity index is 1090. The van der Waals surface area contributed by atoms with E-state index < -0.39 is 11.9 Å². The molecular weight excluding hydrogens is 459 g/mol. The highest BCUT2D eigenvalue weighted by atomic mass is 35.5. The molecule has 0 aromatic heterocycles. The lowest BCUT2D eigenvalue weighted by molar-refractivity contribution is -0.118. The molecule has 33 heavy (non-hydrogen) atoms. The topological polar surface area (TPSA) is 67.4 Å². The molecule has 0 saturated carbocycles. The number of rotatable bonds is 9. The van der Waals surface area contributed by atoms with Crippen molar-refractivity contribution in [1.29, 1.82) is 0 Å². The maximum atomic E-state index is 12.9. The highest BCUT2D eigenvalue weighted by Crippen LogP contribution is 2.22. The van der Waals surface area contributed by atoms with Crippen LogP contribution in [0.5, 0.6) is 5.75 Å². The predicted molar refractivity (Wildman–Crippen MR) is 133 cm³/mol. The van der Waals surface area contributed by atoms with Crippen molar-refractivity contribution >= 4 is 40.7 Å². The van der Waals surface area contributed by atoms with E-state index >= 15 is 0 Å². The highest BCUT2D eigenvalue weighted by molar-refractivity contribution is 6.36. The Kier molecular flexibility index (Phi) is 8.75. The minimum atomic E-state index is -0.724. The summed E-state index contributed by atoms with van der Waals surface area (Å²) in [6.45, 7) is 4.43. The van der Waals surface area contributed by atoms with E-state index in [-0.39, 0.29) is 22.4 Å². The van der Waals surface area contributed by atoms with Gasteiger partial charge in [-0.05, 0) is 60.4 Å². The monoisotopic (exact) mass is 484 g/mol. The number of carbonyl (C=O) groups excluding carboxylic acids is 2. The molecule has 7 heteroatoms. The van der Waals surface area contributed by atoms with Crippen molar-refractivity contribution in [3.05, 3.63) is 94.0 Å². The quantitative estimate of drug-likeness (QED) is 0.371. The highest BCUT2D eigenvalue weighted by Gasteiger charge is 2.23. The Morgan fingerprint density at radius 2 is 1.64 bits per heavy atom. The average Bonchev–Trinajstić information content (AvgIpc) is 2.78. The molecule has 5 nitrogen and oxygen atoms in total. The Morgan fingerprint density at radius 1 is 0.939 bits per heavy atom. The minimum absolute atomic E-state index is 0.190. The van der Waals surface area contributed by atoms with E-state index in [1.54, 1.807) is 36.4 Å². The zero-order chi connectivity index (χ0) is 23.8. The van der Waals surface area contributed by atoms with Gasteiger partial charge in [0.2, 0.25) is 5.91 Å². The lowest BCUT2D eigenvalue weighted by Gasteiger charge is -2.20. The van der Waals surface area contributed by atoms with Gasteiger partial charge in [-0.2, -0.15) is 0 Å². The van der Waals surface area contributed by atoms with Crippen LogP contribution in [0.15, 0.2) is 72.8 Å². The number of amides is 2. The molecule has 0 aliphatic rings. The molecule has 172 valence electrons. The van der Waals surface area contributed by atoms with Gasteiger partial charge in [0.05, 0.1) is 10.6 Å². The number of nitrogens with one attached hydrogen (secondary N) is 2. The molecule has 3 aromatic carbocycles. The van der Waals surface area contributed by atoms with Gasteiger partial charge >= 0.3 is 0 Å². The summed E-state index contributed by atoms with van der Waals surface area (Å²) in [4.78, 5) is 25.7. The van der Waals surface area contributed by atoms with Gasteiger partial charge in [0.1, 0.15) is 18.4 Å². The van der Waals surface area contributed by atoms with Crippen molar-refractivity contribution < 1.29 is 14.3 Å². The van der Waals surface area contributed by atoms with Crippen LogP contribution in [0.3, 0.4) is 0 Å². The fraction of sp³-hybridized carbons (Fsp3) is 0.231. The predicted octanol–water partition coefficient (Wildman–Crippen LogP) is 6.36. The summed E-state index contributed by atoms with van der Waals surface area (Å²) in [5, 5.41) is 6.32. The SMILES string of the molecule is CC(C)CC(NC(=O)c1ccc(Cl)cc1Cl)C(=O)Nc1ccc(OCc2ccccc2)cc1. The number of hydrogen-bond acceptors (Lipinski definition) is 3. The van der Waals surface area contributed by atoms with Crippen molar-refractivity contribution in [2.45, 2.75) is 32.9 Å². The van der Waals surface area contributed by atoms with Crippen LogP contribution in [0, 0.1) is 5.92 Å². The van der Waals surface area contributed by atoms with Crippen LogP contribution in [0.2, 0.25) is 10.0 Å². The zero-order valence-electron chi connectivity index (χ0n) is 18.5. The first-order valence-electron chi connectivity index (χ1n) is 10.7. The first-order chi connectivity index (χ1) is 15.8. The number of ether oxygens (including phenoxy) is 1. The first kappa shape index (κ1) is 24.6. The van der Waals surface area contributed by atoms with Gasteiger partial charge in [-0.3, -0.25) is 9.59 Å². The fourth-order valence-electron chi connectivity index (χ4n) is 3.22. The third-order valence-electron chi connectivity index (χ3n) is 4.87. The standard InChI is InChI=1S/C26H26Cl2N2O3/c1-17(2)14-24(30-25(31)22-13-8-19(27)15-23(22)28)26(32)29-20-9-11-21(12-10-20)33-16-18-6-4-3-5-7-18/h3-13,15,17,24H,14,16H2,1-2H3,(H,29,32)(H,30,31). The van der Waals surface area contributed by atoms with Crippen LogP contribution in [-0.4, -0.2) is 17.9 Å². The Hall–Kier alpha value is -3.02. The van der Waals surface area contributed by atoms with Crippen LogP contribution in [0.4, 0.5) is 5.69 Å². The summed E-state index contributed by atoms with van der Waals surface area (Å²) in [5.41, 5.74) is 1.95. The maximum absolute atomic E-state index is 12.9. The molecule has 2 N–H and O–H groups in total. The third-order valence-corrected chi connectivity index (χ3v) is 5.42. The summed E-state index contributed by atoms with van der Waals surface area (Å²) in [7, 11) is 0. The maximum Gasteiger partial charge on any atom is 0.253 e. The minimum Gasteiger partial charge on any atom is -0.489 e. The Labute approximate surface area is 204 Å². The fourth-order valence-corrected chi connectivity index (χ4v) is 3.71. The molecule has 0 spiro atoms. The number of halogens is 2. The van der Waals surface area contributed by atoms with E-state index in [1.807, 2.05) is 44.2 Å². The molecule has 1 unspecified atom stereocenters. The van der Waals surface area contributed by atoms with Crippen LogP contribution < -0.4 is 15.4 Å². The number of anilines is 1. The van der Waals surface area contributed by atoms with Crippen LogP contribution in [-0.2, 0) is 11.4 Å². The molecule has 2 amide bonds. The second-order valence-corrected chi connectivity index (χ2v) is 8.91. The summed E-state index contributed by atoms with van der Waals surface area (Å²) >= 11 is 12.1. The Balaban J connectivity index is 1.62. The molecule has 3 rings (SSSR count). The van der Waals surface area contributed by atoms with Crippen molar-refractivity contribution in [3.63, 3.8) is 0 Å². The first-order valence-corrected chi connectivity index (χ1v) is 11.4. The third kappa shape index (κ3) is 7.52. The molecule has 1 atom stereocenters. The normalized spacial score (nSPS) is 11.7. The van der Waals surface area contributed by atoms with E-state index in [0.29, 0.717) is 29.5 Å².